The molecule has 0 unspecified atom stereocenters. The fourth-order valence-electron chi connectivity index (χ4n) is 1.64. The predicted octanol–water partition coefficient (Wildman–Crippen LogP) is 4.45. The van der Waals surface area contributed by atoms with Crippen molar-refractivity contribution in [1.82, 2.24) is 5.32 Å². The molecule has 0 aliphatic rings. The number of hydrogen-bond acceptors (Lipinski definition) is 3. The van der Waals surface area contributed by atoms with E-state index in [1.807, 2.05) is 0 Å². The third-order valence-corrected chi connectivity index (χ3v) is 3.68. The van der Waals surface area contributed by atoms with E-state index in [2.05, 4.69) is 17.9 Å². The molecule has 3 nitrogen and oxygen atoms in total. The average molecular weight is 342 g/mol. The first-order chi connectivity index (χ1) is 10.1. The second-order valence-corrected chi connectivity index (χ2v) is 5.39. The average Bonchev–Trinajstić information content (AvgIpc) is 2.50. The van der Waals surface area contributed by atoms with Gasteiger partial charge in [0.2, 0.25) is 0 Å². The molecular weight excluding hydrogens is 329 g/mol. The highest BCUT2D eigenvalue weighted by molar-refractivity contribution is 7.80. The van der Waals surface area contributed by atoms with Gasteiger partial charge in [-0.25, -0.2) is 0 Å². The van der Waals surface area contributed by atoms with Crippen LogP contribution in [0.2, 0.25) is 10.0 Å². The molecule has 0 saturated carbocycles. The van der Waals surface area contributed by atoms with Crippen LogP contribution in [0.5, 0.6) is 11.5 Å². The van der Waals surface area contributed by atoms with Crippen LogP contribution in [0.15, 0.2) is 42.5 Å². The summed E-state index contributed by atoms with van der Waals surface area (Å²) in [5, 5.41) is 3.52. The molecule has 0 spiro atoms. The molecule has 0 fully saturated rings. The standard InChI is InChI=1S/C15H13Cl2NO2S/c16-12-2-1-3-13(14(12)17)20-11-6-4-10(5-7-11)15(19)18-8-9-21/h1-7,21H,8-9H2,(H,18,19). The topological polar surface area (TPSA) is 38.3 Å². The van der Waals surface area contributed by atoms with Crippen molar-refractivity contribution < 1.29 is 9.53 Å². The Morgan fingerprint density at radius 3 is 2.52 bits per heavy atom. The van der Waals surface area contributed by atoms with Gasteiger partial charge in [-0.05, 0) is 36.4 Å². The smallest absolute Gasteiger partial charge is 0.251 e. The van der Waals surface area contributed by atoms with Crippen LogP contribution in [-0.4, -0.2) is 18.2 Å². The molecule has 0 aliphatic carbocycles. The Balaban J connectivity index is 2.09. The van der Waals surface area contributed by atoms with Crippen LogP contribution in [-0.2, 0) is 0 Å². The molecule has 6 heteroatoms. The van der Waals surface area contributed by atoms with Gasteiger partial charge in [0.25, 0.3) is 5.91 Å². The molecule has 110 valence electrons. The molecule has 0 saturated heterocycles. The fraction of sp³-hybridized carbons (Fsp3) is 0.133. The van der Waals surface area contributed by atoms with E-state index in [0.717, 1.165) is 0 Å². The van der Waals surface area contributed by atoms with Gasteiger partial charge in [-0.15, -0.1) is 0 Å². The van der Waals surface area contributed by atoms with Crippen molar-refractivity contribution in [2.45, 2.75) is 0 Å². The van der Waals surface area contributed by atoms with Gasteiger partial charge >= 0.3 is 0 Å². The minimum absolute atomic E-state index is 0.142. The van der Waals surface area contributed by atoms with Crippen molar-refractivity contribution in [3.63, 3.8) is 0 Å². The summed E-state index contributed by atoms with van der Waals surface area (Å²) in [6, 6.07) is 11.9. The Labute approximate surface area is 138 Å². The second-order valence-electron chi connectivity index (χ2n) is 4.16. The van der Waals surface area contributed by atoms with Crippen molar-refractivity contribution in [2.24, 2.45) is 0 Å². The van der Waals surface area contributed by atoms with E-state index in [1.165, 1.54) is 0 Å². The summed E-state index contributed by atoms with van der Waals surface area (Å²) in [5.74, 6) is 1.50. The van der Waals surface area contributed by atoms with Gasteiger partial charge in [0, 0.05) is 17.9 Å². The molecule has 2 aromatic carbocycles. The van der Waals surface area contributed by atoms with Gasteiger partial charge in [0.15, 0.2) is 0 Å². The van der Waals surface area contributed by atoms with Gasteiger partial charge in [-0.3, -0.25) is 4.79 Å². The SMILES string of the molecule is O=C(NCCS)c1ccc(Oc2cccc(Cl)c2Cl)cc1. The molecular formula is C15H13Cl2NO2S. The van der Waals surface area contributed by atoms with Gasteiger partial charge < -0.3 is 10.1 Å². The van der Waals surface area contributed by atoms with E-state index in [4.69, 9.17) is 27.9 Å². The Morgan fingerprint density at radius 2 is 1.86 bits per heavy atom. The highest BCUT2D eigenvalue weighted by Gasteiger charge is 2.08. The highest BCUT2D eigenvalue weighted by atomic mass is 35.5. The number of amides is 1. The number of ether oxygens (including phenoxy) is 1. The normalized spacial score (nSPS) is 10.2. The minimum atomic E-state index is -0.142. The lowest BCUT2D eigenvalue weighted by Crippen LogP contribution is -2.25. The molecule has 21 heavy (non-hydrogen) atoms. The maximum absolute atomic E-state index is 11.7. The van der Waals surface area contributed by atoms with E-state index in [9.17, 15) is 4.79 Å². The minimum Gasteiger partial charge on any atom is -0.456 e. The van der Waals surface area contributed by atoms with Crippen LogP contribution in [0, 0.1) is 0 Å². The number of hydrogen-bond donors (Lipinski definition) is 2. The predicted molar refractivity (Wildman–Crippen MR) is 89.2 cm³/mol. The van der Waals surface area contributed by atoms with Crippen molar-refractivity contribution in [3.8, 4) is 11.5 Å². The van der Waals surface area contributed by atoms with Crippen LogP contribution >= 0.6 is 35.8 Å². The number of rotatable bonds is 5. The lowest BCUT2D eigenvalue weighted by atomic mass is 10.2. The van der Waals surface area contributed by atoms with E-state index < -0.39 is 0 Å². The zero-order chi connectivity index (χ0) is 15.2. The Kier molecular flexibility index (Phi) is 5.79. The Morgan fingerprint density at radius 1 is 1.14 bits per heavy atom. The van der Waals surface area contributed by atoms with Gasteiger partial charge in [-0.1, -0.05) is 29.3 Å². The van der Waals surface area contributed by atoms with Crippen LogP contribution in [0.3, 0.4) is 0 Å². The van der Waals surface area contributed by atoms with Crippen molar-refractivity contribution in [2.75, 3.05) is 12.3 Å². The van der Waals surface area contributed by atoms with E-state index in [-0.39, 0.29) is 5.91 Å². The first-order valence-corrected chi connectivity index (χ1v) is 7.61. The summed E-state index contributed by atoms with van der Waals surface area (Å²) in [6.45, 7) is 0.526. The Bertz CT molecular complexity index is 632. The molecule has 0 heterocycles. The summed E-state index contributed by atoms with van der Waals surface area (Å²) in [4.78, 5) is 11.7. The highest BCUT2D eigenvalue weighted by Crippen LogP contribution is 2.34. The summed E-state index contributed by atoms with van der Waals surface area (Å²) in [6.07, 6.45) is 0. The van der Waals surface area contributed by atoms with Crippen molar-refractivity contribution in [3.05, 3.63) is 58.1 Å². The maximum atomic E-state index is 11.7. The van der Waals surface area contributed by atoms with Gasteiger partial charge in [0.1, 0.15) is 16.5 Å². The third-order valence-electron chi connectivity index (χ3n) is 2.66. The monoisotopic (exact) mass is 341 g/mol. The zero-order valence-electron chi connectivity index (χ0n) is 11.0. The number of thiol groups is 1. The van der Waals surface area contributed by atoms with Gasteiger partial charge in [0.05, 0.1) is 5.02 Å². The molecule has 0 aliphatic heterocycles. The molecule has 0 radical (unpaired) electrons. The summed E-state index contributed by atoms with van der Waals surface area (Å²) < 4.78 is 5.65. The van der Waals surface area contributed by atoms with E-state index in [1.54, 1.807) is 42.5 Å². The number of nitrogens with one attached hydrogen (secondary N) is 1. The van der Waals surface area contributed by atoms with Gasteiger partial charge in [-0.2, -0.15) is 12.6 Å². The molecule has 1 N–H and O–H groups in total. The molecule has 0 bridgehead atoms. The molecule has 1 amide bonds. The maximum Gasteiger partial charge on any atom is 0.251 e. The van der Waals surface area contributed by atoms with Crippen LogP contribution in [0.1, 0.15) is 10.4 Å². The van der Waals surface area contributed by atoms with Crippen LogP contribution in [0.4, 0.5) is 0 Å². The van der Waals surface area contributed by atoms with Crippen LogP contribution in [0.25, 0.3) is 0 Å². The largest absolute Gasteiger partial charge is 0.456 e. The zero-order valence-corrected chi connectivity index (χ0v) is 13.4. The van der Waals surface area contributed by atoms with E-state index >= 15 is 0 Å². The summed E-state index contributed by atoms with van der Waals surface area (Å²) in [7, 11) is 0. The van der Waals surface area contributed by atoms with Crippen molar-refractivity contribution in [1.29, 1.82) is 0 Å². The number of carbonyl (C=O) groups is 1. The first kappa shape index (κ1) is 16.0. The first-order valence-electron chi connectivity index (χ1n) is 6.23. The van der Waals surface area contributed by atoms with E-state index in [0.29, 0.717) is 39.4 Å². The number of carbonyl (C=O) groups excluding carboxylic acids is 1. The molecule has 0 atom stereocenters. The second kappa shape index (κ2) is 7.59. The lowest BCUT2D eigenvalue weighted by molar-refractivity contribution is 0.0956. The lowest BCUT2D eigenvalue weighted by Gasteiger charge is -2.09. The number of benzene rings is 2. The third kappa shape index (κ3) is 4.30. The number of halogens is 2. The fourth-order valence-corrected chi connectivity index (χ4v) is 2.08. The molecule has 2 aromatic rings. The Hall–Kier alpha value is -1.36. The summed E-state index contributed by atoms with van der Waals surface area (Å²) in [5.41, 5.74) is 0.557. The molecule has 2 rings (SSSR count). The quantitative estimate of drug-likeness (QED) is 0.788. The van der Waals surface area contributed by atoms with Crippen LogP contribution < -0.4 is 10.1 Å². The summed E-state index contributed by atoms with van der Waals surface area (Å²) >= 11 is 16.0. The van der Waals surface area contributed by atoms with Crippen molar-refractivity contribution >= 4 is 41.7 Å². The molecule has 0 aromatic heterocycles.